The lowest BCUT2D eigenvalue weighted by atomic mass is 10.1. The third-order valence-corrected chi connectivity index (χ3v) is 5.58. The summed E-state index contributed by atoms with van der Waals surface area (Å²) < 4.78 is 13.0. The average Bonchev–Trinajstić information content (AvgIpc) is 2.68. The van der Waals surface area contributed by atoms with E-state index < -0.39 is 6.04 Å². The van der Waals surface area contributed by atoms with Crippen molar-refractivity contribution in [1.29, 1.82) is 0 Å². The number of thioether (sulfide) groups is 1. The third kappa shape index (κ3) is 6.53. The van der Waals surface area contributed by atoms with E-state index in [1.807, 2.05) is 25.1 Å². The van der Waals surface area contributed by atoms with Crippen LogP contribution >= 0.6 is 23.4 Å². The molecule has 2 aromatic rings. The smallest absolute Gasteiger partial charge is 0.242 e. The quantitative estimate of drug-likeness (QED) is 0.656. The first-order valence-corrected chi connectivity index (χ1v) is 10.6. The molecule has 0 aliphatic carbocycles. The van der Waals surface area contributed by atoms with E-state index in [-0.39, 0.29) is 29.9 Å². The molecule has 2 amide bonds. The van der Waals surface area contributed by atoms with Crippen LogP contribution in [-0.4, -0.2) is 35.1 Å². The second-order valence-corrected chi connectivity index (χ2v) is 7.70. The predicted molar refractivity (Wildman–Crippen MR) is 113 cm³/mol. The lowest BCUT2D eigenvalue weighted by Crippen LogP contribution is -2.48. The van der Waals surface area contributed by atoms with E-state index >= 15 is 0 Å². The summed E-state index contributed by atoms with van der Waals surface area (Å²) in [5.41, 5.74) is 1.73. The Morgan fingerprint density at radius 3 is 2.50 bits per heavy atom. The van der Waals surface area contributed by atoms with Crippen LogP contribution < -0.4 is 5.32 Å². The second-order valence-electron chi connectivity index (χ2n) is 6.30. The van der Waals surface area contributed by atoms with Crippen LogP contribution in [0.15, 0.2) is 48.5 Å². The van der Waals surface area contributed by atoms with Crippen molar-refractivity contribution < 1.29 is 14.0 Å². The molecule has 0 radical (unpaired) electrons. The maximum absolute atomic E-state index is 13.0. The summed E-state index contributed by atoms with van der Waals surface area (Å²) in [6, 6.07) is 12.9. The Labute approximate surface area is 174 Å². The van der Waals surface area contributed by atoms with Crippen LogP contribution in [0.25, 0.3) is 0 Å². The van der Waals surface area contributed by atoms with Crippen molar-refractivity contribution in [3.8, 4) is 0 Å². The molecule has 0 fully saturated rings. The summed E-state index contributed by atoms with van der Waals surface area (Å²) in [4.78, 5) is 26.7. The Balaban J connectivity index is 2.06. The summed E-state index contributed by atoms with van der Waals surface area (Å²) in [5.74, 6) is 0.163. The Bertz CT molecular complexity index is 801. The zero-order chi connectivity index (χ0) is 20.5. The molecule has 0 bridgehead atoms. The predicted octanol–water partition coefficient (Wildman–Crippen LogP) is 4.27. The summed E-state index contributed by atoms with van der Waals surface area (Å²) in [6.45, 7) is 4.30. The molecule has 0 aromatic heterocycles. The summed E-state index contributed by atoms with van der Waals surface area (Å²) in [6.07, 6.45) is 0. The van der Waals surface area contributed by atoms with E-state index in [0.29, 0.717) is 17.3 Å². The number of hydrogen-bond acceptors (Lipinski definition) is 3. The first kappa shape index (κ1) is 22.2. The van der Waals surface area contributed by atoms with Gasteiger partial charge in [0.1, 0.15) is 11.9 Å². The highest BCUT2D eigenvalue weighted by Gasteiger charge is 2.26. The maximum atomic E-state index is 13.0. The SMILES string of the molecule is CCNC(=O)C(C)N(Cc1ccccc1Cl)C(=O)CSCc1ccc(F)cc1. The second kappa shape index (κ2) is 11.1. The zero-order valence-corrected chi connectivity index (χ0v) is 17.5. The zero-order valence-electron chi connectivity index (χ0n) is 16.0. The van der Waals surface area contributed by atoms with Gasteiger partial charge in [0.25, 0.3) is 0 Å². The fourth-order valence-corrected chi connectivity index (χ4v) is 3.70. The van der Waals surface area contributed by atoms with Crippen molar-refractivity contribution in [1.82, 2.24) is 10.2 Å². The van der Waals surface area contributed by atoms with Gasteiger partial charge < -0.3 is 10.2 Å². The maximum Gasteiger partial charge on any atom is 0.242 e. The van der Waals surface area contributed by atoms with Crippen LogP contribution in [0.3, 0.4) is 0 Å². The molecule has 150 valence electrons. The normalized spacial score (nSPS) is 11.7. The first-order valence-electron chi connectivity index (χ1n) is 9.05. The Kier molecular flexibility index (Phi) is 8.80. The fourth-order valence-electron chi connectivity index (χ4n) is 2.63. The number of hydrogen-bond donors (Lipinski definition) is 1. The molecule has 0 aliphatic rings. The van der Waals surface area contributed by atoms with Gasteiger partial charge in [0.15, 0.2) is 0 Å². The Hall–Kier alpha value is -2.05. The monoisotopic (exact) mass is 422 g/mol. The minimum atomic E-state index is -0.616. The van der Waals surface area contributed by atoms with Crippen molar-refractivity contribution in [2.45, 2.75) is 32.2 Å². The number of amides is 2. The van der Waals surface area contributed by atoms with Gasteiger partial charge in [-0.2, -0.15) is 0 Å². The Morgan fingerprint density at radius 1 is 1.18 bits per heavy atom. The van der Waals surface area contributed by atoms with Gasteiger partial charge in [-0.05, 0) is 43.2 Å². The standard InChI is InChI=1S/C21H24ClFN2O2S/c1-3-24-21(27)15(2)25(12-17-6-4-5-7-19(17)22)20(26)14-28-13-16-8-10-18(23)11-9-16/h4-11,15H,3,12-14H2,1-2H3,(H,24,27). The van der Waals surface area contributed by atoms with Gasteiger partial charge in [0.2, 0.25) is 11.8 Å². The van der Waals surface area contributed by atoms with Crippen LogP contribution in [0.1, 0.15) is 25.0 Å². The van der Waals surface area contributed by atoms with Gasteiger partial charge in [0.05, 0.1) is 5.75 Å². The minimum Gasteiger partial charge on any atom is -0.355 e. The van der Waals surface area contributed by atoms with Crippen molar-refractivity contribution in [2.75, 3.05) is 12.3 Å². The molecule has 4 nitrogen and oxygen atoms in total. The number of benzene rings is 2. The number of rotatable bonds is 9. The van der Waals surface area contributed by atoms with E-state index in [2.05, 4.69) is 5.32 Å². The lowest BCUT2D eigenvalue weighted by molar-refractivity contribution is -0.138. The minimum absolute atomic E-state index is 0.147. The summed E-state index contributed by atoms with van der Waals surface area (Å²) in [5, 5.41) is 3.32. The van der Waals surface area contributed by atoms with Gasteiger partial charge >= 0.3 is 0 Å². The molecule has 7 heteroatoms. The average molecular weight is 423 g/mol. The van der Waals surface area contributed by atoms with Crippen molar-refractivity contribution in [3.05, 3.63) is 70.5 Å². The van der Waals surface area contributed by atoms with E-state index in [0.717, 1.165) is 11.1 Å². The van der Waals surface area contributed by atoms with E-state index in [1.165, 1.54) is 23.9 Å². The number of halogens is 2. The van der Waals surface area contributed by atoms with Crippen LogP contribution in [0.5, 0.6) is 0 Å². The number of carbonyl (C=O) groups is 2. The van der Waals surface area contributed by atoms with Gasteiger partial charge in [-0.25, -0.2) is 4.39 Å². The molecule has 2 rings (SSSR count). The van der Waals surface area contributed by atoms with Gasteiger partial charge in [0, 0.05) is 23.9 Å². The first-order chi connectivity index (χ1) is 13.4. The molecule has 0 saturated carbocycles. The number of nitrogens with zero attached hydrogens (tertiary/aromatic N) is 1. The summed E-state index contributed by atoms with van der Waals surface area (Å²) in [7, 11) is 0. The van der Waals surface area contributed by atoms with Gasteiger partial charge in [-0.1, -0.05) is 41.9 Å². The van der Waals surface area contributed by atoms with E-state index in [4.69, 9.17) is 11.6 Å². The van der Waals surface area contributed by atoms with Crippen LogP contribution in [0.2, 0.25) is 5.02 Å². The highest BCUT2D eigenvalue weighted by Crippen LogP contribution is 2.20. The molecule has 0 spiro atoms. The fraction of sp³-hybridized carbons (Fsp3) is 0.333. The summed E-state index contributed by atoms with van der Waals surface area (Å²) >= 11 is 7.67. The van der Waals surface area contributed by atoms with Gasteiger partial charge in [-0.15, -0.1) is 11.8 Å². The third-order valence-electron chi connectivity index (χ3n) is 4.22. The lowest BCUT2D eigenvalue weighted by Gasteiger charge is -2.29. The molecule has 1 N–H and O–H groups in total. The number of carbonyl (C=O) groups excluding carboxylic acids is 2. The molecule has 0 aliphatic heterocycles. The molecule has 28 heavy (non-hydrogen) atoms. The molecular formula is C21H24ClFN2O2S. The van der Waals surface area contributed by atoms with Crippen molar-refractivity contribution in [2.24, 2.45) is 0 Å². The number of likely N-dealkylation sites (N-methyl/N-ethyl adjacent to an activating group) is 1. The molecule has 2 aromatic carbocycles. The van der Waals surface area contributed by atoms with E-state index in [1.54, 1.807) is 30.0 Å². The molecule has 0 saturated heterocycles. The Morgan fingerprint density at radius 2 is 1.86 bits per heavy atom. The van der Waals surface area contributed by atoms with Crippen LogP contribution in [-0.2, 0) is 21.9 Å². The van der Waals surface area contributed by atoms with Crippen LogP contribution in [0, 0.1) is 5.82 Å². The van der Waals surface area contributed by atoms with Gasteiger partial charge in [-0.3, -0.25) is 9.59 Å². The van der Waals surface area contributed by atoms with Crippen molar-refractivity contribution in [3.63, 3.8) is 0 Å². The molecular weight excluding hydrogens is 399 g/mol. The molecule has 0 heterocycles. The van der Waals surface area contributed by atoms with Crippen LogP contribution in [0.4, 0.5) is 4.39 Å². The topological polar surface area (TPSA) is 49.4 Å². The molecule has 1 atom stereocenters. The molecule has 1 unspecified atom stereocenters. The largest absolute Gasteiger partial charge is 0.355 e. The van der Waals surface area contributed by atoms with E-state index in [9.17, 15) is 14.0 Å². The highest BCUT2D eigenvalue weighted by molar-refractivity contribution is 7.99. The number of nitrogens with one attached hydrogen (secondary N) is 1. The highest BCUT2D eigenvalue weighted by atomic mass is 35.5. The van der Waals surface area contributed by atoms with Crippen molar-refractivity contribution >= 4 is 35.2 Å².